The first kappa shape index (κ1) is 10.4. The molecule has 0 saturated carbocycles. The normalized spacial score (nSPS) is 9.93. The van der Waals surface area contributed by atoms with Crippen molar-refractivity contribution in [2.75, 3.05) is 19.0 Å². The summed E-state index contributed by atoms with van der Waals surface area (Å²) in [5.41, 5.74) is 0.633. The monoisotopic (exact) mass is 195 g/mol. The lowest BCUT2D eigenvalue weighted by atomic mass is 10.2. The Morgan fingerprint density at radius 3 is 2.71 bits per heavy atom. The zero-order valence-corrected chi connectivity index (χ0v) is 8.48. The van der Waals surface area contributed by atoms with Gasteiger partial charge in [-0.25, -0.2) is 9.97 Å². The third kappa shape index (κ3) is 2.42. The number of carboxylic acids is 1. The van der Waals surface area contributed by atoms with Crippen molar-refractivity contribution in [3.05, 3.63) is 17.6 Å². The first-order chi connectivity index (χ1) is 6.50. The van der Waals surface area contributed by atoms with Gasteiger partial charge >= 0.3 is 5.97 Å². The maximum atomic E-state index is 10.6. The van der Waals surface area contributed by atoms with Gasteiger partial charge in [-0.3, -0.25) is 4.79 Å². The fraction of sp³-hybridized carbons (Fsp3) is 0.444. The van der Waals surface area contributed by atoms with Gasteiger partial charge in [-0.05, 0) is 6.92 Å². The van der Waals surface area contributed by atoms with E-state index in [4.69, 9.17) is 5.11 Å². The number of aromatic nitrogens is 2. The highest BCUT2D eigenvalue weighted by molar-refractivity contribution is 5.72. The van der Waals surface area contributed by atoms with E-state index in [-0.39, 0.29) is 6.42 Å². The molecule has 0 atom stereocenters. The fourth-order valence-electron chi connectivity index (χ4n) is 1.16. The smallest absolute Gasteiger partial charge is 0.308 e. The van der Waals surface area contributed by atoms with Crippen LogP contribution in [-0.2, 0) is 11.2 Å². The highest BCUT2D eigenvalue weighted by Crippen LogP contribution is 2.14. The summed E-state index contributed by atoms with van der Waals surface area (Å²) in [7, 11) is 3.65. The standard InChI is InChI=1S/C9H13N3O2/c1-6-10-5-7(4-8(13)14)9(11-6)12(2)3/h5H,4H2,1-3H3,(H,13,14). The second-order valence-corrected chi connectivity index (χ2v) is 3.23. The van der Waals surface area contributed by atoms with Gasteiger partial charge in [0.15, 0.2) is 0 Å². The van der Waals surface area contributed by atoms with E-state index in [2.05, 4.69) is 9.97 Å². The molecule has 0 saturated heterocycles. The average Bonchev–Trinajstić information content (AvgIpc) is 2.07. The van der Waals surface area contributed by atoms with Gasteiger partial charge in [-0.15, -0.1) is 0 Å². The van der Waals surface area contributed by atoms with Crippen LogP contribution < -0.4 is 4.90 Å². The molecule has 1 aromatic heterocycles. The number of aryl methyl sites for hydroxylation is 1. The summed E-state index contributed by atoms with van der Waals surface area (Å²) in [5, 5.41) is 8.67. The Hall–Kier alpha value is -1.65. The van der Waals surface area contributed by atoms with Gasteiger partial charge in [0.05, 0.1) is 6.42 Å². The Balaban J connectivity index is 3.08. The summed E-state index contributed by atoms with van der Waals surface area (Å²) in [6.45, 7) is 1.78. The summed E-state index contributed by atoms with van der Waals surface area (Å²) in [6, 6.07) is 0. The third-order valence-electron chi connectivity index (χ3n) is 1.73. The van der Waals surface area contributed by atoms with Gasteiger partial charge in [-0.2, -0.15) is 0 Å². The van der Waals surface area contributed by atoms with Crippen molar-refractivity contribution < 1.29 is 9.90 Å². The van der Waals surface area contributed by atoms with Crippen LogP contribution in [0.5, 0.6) is 0 Å². The van der Waals surface area contributed by atoms with Crippen LogP contribution >= 0.6 is 0 Å². The van der Waals surface area contributed by atoms with Gasteiger partial charge in [0.2, 0.25) is 0 Å². The summed E-state index contributed by atoms with van der Waals surface area (Å²) in [5.74, 6) is 0.434. The molecule has 14 heavy (non-hydrogen) atoms. The van der Waals surface area contributed by atoms with Gasteiger partial charge in [0.25, 0.3) is 0 Å². The molecule has 0 aliphatic carbocycles. The molecule has 0 aliphatic heterocycles. The number of carboxylic acid groups (broad SMARTS) is 1. The first-order valence-corrected chi connectivity index (χ1v) is 4.22. The van der Waals surface area contributed by atoms with Crippen molar-refractivity contribution in [1.29, 1.82) is 0 Å². The van der Waals surface area contributed by atoms with Crippen LogP contribution in [-0.4, -0.2) is 35.1 Å². The van der Waals surface area contributed by atoms with Crippen molar-refractivity contribution >= 4 is 11.8 Å². The van der Waals surface area contributed by atoms with Crippen molar-refractivity contribution in [2.45, 2.75) is 13.3 Å². The first-order valence-electron chi connectivity index (χ1n) is 4.22. The molecule has 1 heterocycles. The van der Waals surface area contributed by atoms with Crippen molar-refractivity contribution in [3.63, 3.8) is 0 Å². The van der Waals surface area contributed by atoms with E-state index in [9.17, 15) is 4.79 Å². The van der Waals surface area contributed by atoms with Crippen LogP contribution in [0.3, 0.4) is 0 Å². The Bertz CT molecular complexity index is 350. The van der Waals surface area contributed by atoms with Gasteiger partial charge in [0, 0.05) is 25.9 Å². The molecule has 1 rings (SSSR count). The van der Waals surface area contributed by atoms with Gasteiger partial charge in [-0.1, -0.05) is 0 Å². The summed E-state index contributed by atoms with van der Waals surface area (Å²) in [4.78, 5) is 20.5. The van der Waals surface area contributed by atoms with Crippen LogP contribution in [0, 0.1) is 6.92 Å². The predicted octanol–water partition coefficient (Wildman–Crippen LogP) is 0.478. The van der Waals surface area contributed by atoms with Crippen LogP contribution in [0.25, 0.3) is 0 Å². The van der Waals surface area contributed by atoms with Crippen molar-refractivity contribution in [3.8, 4) is 0 Å². The molecule has 0 fully saturated rings. The Kier molecular flexibility index (Phi) is 3.01. The zero-order valence-electron chi connectivity index (χ0n) is 8.48. The maximum absolute atomic E-state index is 10.6. The molecule has 5 heteroatoms. The van der Waals surface area contributed by atoms with E-state index in [0.29, 0.717) is 17.2 Å². The number of hydrogen-bond acceptors (Lipinski definition) is 4. The summed E-state index contributed by atoms with van der Waals surface area (Å²) in [6.07, 6.45) is 1.51. The highest BCUT2D eigenvalue weighted by atomic mass is 16.4. The molecule has 0 aromatic carbocycles. The van der Waals surface area contributed by atoms with Crippen molar-refractivity contribution in [1.82, 2.24) is 9.97 Å². The molecule has 76 valence electrons. The molecule has 0 spiro atoms. The van der Waals surface area contributed by atoms with E-state index in [1.165, 1.54) is 0 Å². The lowest BCUT2D eigenvalue weighted by molar-refractivity contribution is -0.136. The van der Waals surface area contributed by atoms with E-state index in [1.54, 1.807) is 18.0 Å². The minimum absolute atomic E-state index is 0.0478. The summed E-state index contributed by atoms with van der Waals surface area (Å²) >= 11 is 0. The van der Waals surface area contributed by atoms with Gasteiger partial charge in [0.1, 0.15) is 11.6 Å². The molecule has 0 bridgehead atoms. The summed E-state index contributed by atoms with van der Waals surface area (Å²) < 4.78 is 0. The lowest BCUT2D eigenvalue weighted by Gasteiger charge is -2.14. The minimum atomic E-state index is -0.874. The van der Waals surface area contributed by atoms with Crippen LogP contribution in [0.2, 0.25) is 0 Å². The Morgan fingerprint density at radius 1 is 1.57 bits per heavy atom. The average molecular weight is 195 g/mol. The Labute approximate surface area is 82.4 Å². The van der Waals surface area contributed by atoms with E-state index in [0.717, 1.165) is 0 Å². The SMILES string of the molecule is Cc1ncc(CC(=O)O)c(N(C)C)n1. The van der Waals surface area contributed by atoms with Crippen molar-refractivity contribution in [2.24, 2.45) is 0 Å². The molecule has 1 aromatic rings. The molecular weight excluding hydrogens is 182 g/mol. The topological polar surface area (TPSA) is 66.3 Å². The molecule has 0 amide bonds. The molecule has 0 aliphatic rings. The van der Waals surface area contributed by atoms with Crippen LogP contribution in [0.1, 0.15) is 11.4 Å². The van der Waals surface area contributed by atoms with E-state index in [1.807, 2.05) is 14.1 Å². The second-order valence-electron chi connectivity index (χ2n) is 3.23. The third-order valence-corrected chi connectivity index (χ3v) is 1.73. The van der Waals surface area contributed by atoms with Crippen LogP contribution in [0.4, 0.5) is 5.82 Å². The number of nitrogens with zero attached hydrogens (tertiary/aromatic N) is 3. The minimum Gasteiger partial charge on any atom is -0.481 e. The predicted molar refractivity (Wildman–Crippen MR) is 52.4 cm³/mol. The number of hydrogen-bond donors (Lipinski definition) is 1. The molecule has 5 nitrogen and oxygen atoms in total. The van der Waals surface area contributed by atoms with E-state index >= 15 is 0 Å². The molecule has 0 unspecified atom stereocenters. The number of rotatable bonds is 3. The zero-order chi connectivity index (χ0) is 10.7. The molecule has 0 radical (unpaired) electrons. The van der Waals surface area contributed by atoms with Crippen LogP contribution in [0.15, 0.2) is 6.20 Å². The number of aliphatic carboxylic acids is 1. The number of anilines is 1. The maximum Gasteiger partial charge on any atom is 0.308 e. The Morgan fingerprint density at radius 2 is 2.21 bits per heavy atom. The largest absolute Gasteiger partial charge is 0.481 e. The van der Waals surface area contributed by atoms with E-state index < -0.39 is 5.97 Å². The van der Waals surface area contributed by atoms with Gasteiger partial charge < -0.3 is 10.0 Å². The molecular formula is C9H13N3O2. The second kappa shape index (κ2) is 4.04. The fourth-order valence-corrected chi connectivity index (χ4v) is 1.16. The quantitative estimate of drug-likeness (QED) is 0.759. The number of carbonyl (C=O) groups is 1. The molecule has 1 N–H and O–H groups in total. The lowest BCUT2D eigenvalue weighted by Crippen LogP contribution is -2.16. The highest BCUT2D eigenvalue weighted by Gasteiger charge is 2.10.